The third-order valence-corrected chi connectivity index (χ3v) is 5.72. The normalized spacial score (nSPS) is 11.4. The van der Waals surface area contributed by atoms with Crippen molar-refractivity contribution in [2.45, 2.75) is 5.54 Å². The largest absolute Gasteiger partial charge is 0.476 e. The molecular weight excluding hydrogens is 446 g/mol. The molecule has 0 aliphatic rings. The van der Waals surface area contributed by atoms with Crippen LogP contribution in [0.25, 0.3) is 0 Å². The number of anilines is 1. The number of carboxylic acid groups (broad SMARTS) is 1. The van der Waals surface area contributed by atoms with Crippen LogP contribution in [0, 0.1) is 0 Å². The van der Waals surface area contributed by atoms with Crippen LogP contribution in [0.4, 0.5) is 5.13 Å². The van der Waals surface area contributed by atoms with Crippen LogP contribution in [-0.2, 0) is 10.3 Å². The fraction of sp³-hybridized carbons (Fsp3) is 0.0417. The van der Waals surface area contributed by atoms with E-state index in [0.29, 0.717) is 5.13 Å². The molecule has 0 saturated heterocycles. The van der Waals surface area contributed by atoms with Gasteiger partial charge in [0.15, 0.2) is 5.13 Å². The van der Waals surface area contributed by atoms with E-state index in [0.717, 1.165) is 16.7 Å². The Morgan fingerprint density at radius 2 is 1.28 bits per heavy atom. The Morgan fingerprint density at radius 3 is 1.66 bits per heavy atom. The Bertz CT molecular complexity index is 1100. The molecule has 0 saturated carbocycles. The minimum Gasteiger partial charge on any atom is -0.476 e. The van der Waals surface area contributed by atoms with Gasteiger partial charge in [-0.1, -0.05) is 96.2 Å². The number of nitrogens with one attached hydrogen (secondary N) is 1. The summed E-state index contributed by atoms with van der Waals surface area (Å²) in [4.78, 5) is 15.7. The van der Waals surface area contributed by atoms with Gasteiger partial charge in [-0.25, -0.2) is 9.78 Å². The second-order valence-corrected chi connectivity index (χ2v) is 7.62. The first-order valence-corrected chi connectivity index (χ1v) is 10.4. The van der Waals surface area contributed by atoms with Gasteiger partial charge in [0, 0.05) is 5.38 Å². The van der Waals surface area contributed by atoms with Crippen LogP contribution in [0.5, 0.6) is 0 Å². The molecule has 4 aromatic rings. The zero-order valence-corrected chi connectivity index (χ0v) is 18.4. The maximum atomic E-state index is 11.3. The Morgan fingerprint density at radius 1 is 0.844 bits per heavy atom. The monoisotopic (exact) mass is 465 g/mol. The van der Waals surface area contributed by atoms with Crippen molar-refractivity contribution in [3.63, 3.8) is 0 Å². The lowest BCUT2D eigenvalue weighted by atomic mass is 9.77. The summed E-state index contributed by atoms with van der Waals surface area (Å²) in [5, 5.41) is 26.8. The van der Waals surface area contributed by atoms with Gasteiger partial charge in [-0.3, -0.25) is 0 Å². The number of aliphatic carboxylic acids is 1. The van der Waals surface area contributed by atoms with E-state index in [1.54, 1.807) is 5.38 Å². The highest BCUT2D eigenvalue weighted by atomic mass is 35.5. The van der Waals surface area contributed by atoms with E-state index in [2.05, 4.69) is 15.5 Å². The molecule has 0 fully saturated rings. The van der Waals surface area contributed by atoms with Gasteiger partial charge in [-0.2, -0.15) is 0 Å². The van der Waals surface area contributed by atoms with Gasteiger partial charge in [0.05, 0.1) is 0 Å². The van der Waals surface area contributed by atoms with E-state index in [4.69, 9.17) is 5.21 Å². The van der Waals surface area contributed by atoms with E-state index in [1.807, 2.05) is 91.0 Å². The number of halogens is 1. The lowest BCUT2D eigenvalue weighted by Crippen LogP contribution is -2.38. The maximum Gasteiger partial charge on any atom is 0.360 e. The van der Waals surface area contributed by atoms with Gasteiger partial charge in [0.1, 0.15) is 11.2 Å². The summed E-state index contributed by atoms with van der Waals surface area (Å²) >= 11 is 1.24. The predicted octanol–water partition coefficient (Wildman–Crippen LogP) is 5.23. The third-order valence-electron chi connectivity index (χ3n) is 4.96. The number of hydrogen-bond donors (Lipinski definition) is 3. The summed E-state index contributed by atoms with van der Waals surface area (Å²) < 4.78 is 0. The molecule has 6 nitrogen and oxygen atoms in total. The minimum absolute atomic E-state index is 0. The summed E-state index contributed by atoms with van der Waals surface area (Å²) in [6.45, 7) is 0. The SMILES string of the molecule is Cl.O=C(O)C(=NO)c1csc(NC(c2ccccc2)(c2ccccc2)c2ccccc2)n1. The lowest BCUT2D eigenvalue weighted by Gasteiger charge is -2.36. The quantitative estimate of drug-likeness (QED) is 0.150. The molecule has 32 heavy (non-hydrogen) atoms. The molecule has 0 aliphatic carbocycles. The molecule has 3 aromatic carbocycles. The van der Waals surface area contributed by atoms with Crippen LogP contribution in [0.15, 0.2) is 102 Å². The highest BCUT2D eigenvalue weighted by Crippen LogP contribution is 2.40. The molecule has 0 aliphatic heterocycles. The molecule has 0 unspecified atom stereocenters. The van der Waals surface area contributed by atoms with E-state index in [9.17, 15) is 9.90 Å². The first-order valence-electron chi connectivity index (χ1n) is 9.51. The Labute approximate surface area is 195 Å². The highest BCUT2D eigenvalue weighted by Gasteiger charge is 2.37. The Balaban J connectivity index is 0.00000289. The van der Waals surface area contributed by atoms with Crippen LogP contribution in [-0.4, -0.2) is 27.0 Å². The number of carbonyl (C=O) groups is 1. The van der Waals surface area contributed by atoms with Crippen molar-refractivity contribution < 1.29 is 15.1 Å². The molecule has 0 amide bonds. The van der Waals surface area contributed by atoms with Crippen molar-refractivity contribution in [1.29, 1.82) is 0 Å². The zero-order chi connectivity index (χ0) is 21.7. The van der Waals surface area contributed by atoms with E-state index in [-0.39, 0.29) is 18.1 Å². The smallest absolute Gasteiger partial charge is 0.360 e. The van der Waals surface area contributed by atoms with Crippen molar-refractivity contribution in [2.75, 3.05) is 5.32 Å². The molecule has 1 heterocycles. The average molecular weight is 466 g/mol. The van der Waals surface area contributed by atoms with Crippen molar-refractivity contribution in [1.82, 2.24) is 4.98 Å². The molecule has 0 radical (unpaired) electrons. The first-order chi connectivity index (χ1) is 15.1. The second kappa shape index (κ2) is 10.1. The molecule has 0 spiro atoms. The van der Waals surface area contributed by atoms with Gasteiger partial charge in [-0.05, 0) is 16.7 Å². The van der Waals surface area contributed by atoms with Crippen molar-refractivity contribution >= 4 is 40.6 Å². The number of hydrogen-bond acceptors (Lipinski definition) is 6. The van der Waals surface area contributed by atoms with Crippen LogP contribution >= 0.6 is 23.7 Å². The number of benzene rings is 3. The van der Waals surface area contributed by atoms with Gasteiger partial charge in [-0.15, -0.1) is 23.7 Å². The topological polar surface area (TPSA) is 94.8 Å². The summed E-state index contributed by atoms with van der Waals surface area (Å²) in [5.41, 5.74) is 1.80. The summed E-state index contributed by atoms with van der Waals surface area (Å²) in [6.07, 6.45) is 0. The fourth-order valence-electron chi connectivity index (χ4n) is 3.58. The number of nitrogens with zero attached hydrogens (tertiary/aromatic N) is 2. The summed E-state index contributed by atoms with van der Waals surface area (Å²) in [6, 6.07) is 30.0. The summed E-state index contributed by atoms with van der Waals surface area (Å²) in [7, 11) is 0. The zero-order valence-electron chi connectivity index (χ0n) is 16.8. The highest BCUT2D eigenvalue weighted by molar-refractivity contribution is 7.14. The van der Waals surface area contributed by atoms with Crippen LogP contribution in [0.3, 0.4) is 0 Å². The standard InChI is InChI=1S/C24H19N3O3S.ClH/c28-22(29)21(27-30)20-16-31-23(25-20)26-24(17-10-4-1-5-11-17,18-12-6-2-7-13-18)19-14-8-3-9-15-19;/h1-16,30H,(H,25,26)(H,28,29);1H. The van der Waals surface area contributed by atoms with Crippen molar-refractivity contribution in [2.24, 2.45) is 5.16 Å². The number of thiazole rings is 1. The number of carboxylic acids is 1. The minimum atomic E-state index is -1.35. The van der Waals surface area contributed by atoms with Crippen LogP contribution in [0.1, 0.15) is 22.4 Å². The molecule has 0 atom stereocenters. The lowest BCUT2D eigenvalue weighted by molar-refractivity contribution is -0.129. The van der Waals surface area contributed by atoms with Gasteiger partial charge < -0.3 is 15.6 Å². The molecule has 162 valence electrons. The first kappa shape index (κ1) is 23.0. The molecule has 8 heteroatoms. The fourth-order valence-corrected chi connectivity index (χ4v) is 4.34. The summed E-state index contributed by atoms with van der Waals surface area (Å²) in [5.74, 6) is -1.35. The van der Waals surface area contributed by atoms with E-state index < -0.39 is 17.2 Å². The van der Waals surface area contributed by atoms with E-state index in [1.165, 1.54) is 11.3 Å². The average Bonchev–Trinajstić information content (AvgIpc) is 3.27. The van der Waals surface area contributed by atoms with E-state index >= 15 is 0 Å². The van der Waals surface area contributed by atoms with Gasteiger partial charge in [0.2, 0.25) is 5.71 Å². The predicted molar refractivity (Wildman–Crippen MR) is 128 cm³/mol. The second-order valence-electron chi connectivity index (χ2n) is 6.76. The molecule has 0 bridgehead atoms. The van der Waals surface area contributed by atoms with Gasteiger partial charge >= 0.3 is 5.97 Å². The van der Waals surface area contributed by atoms with Crippen molar-refractivity contribution in [3.8, 4) is 0 Å². The van der Waals surface area contributed by atoms with Gasteiger partial charge in [0.25, 0.3) is 0 Å². The third kappa shape index (κ3) is 4.34. The molecule has 4 rings (SSSR count). The molecule has 3 N–H and O–H groups in total. The molecule has 1 aromatic heterocycles. The van der Waals surface area contributed by atoms with Crippen molar-refractivity contribution in [3.05, 3.63) is 119 Å². The number of aromatic nitrogens is 1. The Kier molecular flexibility index (Phi) is 7.25. The van der Waals surface area contributed by atoms with Crippen LogP contribution < -0.4 is 5.32 Å². The number of rotatable bonds is 7. The Hall–Kier alpha value is -3.68. The number of oxime groups is 1. The maximum absolute atomic E-state index is 11.3. The van der Waals surface area contributed by atoms with Crippen LogP contribution in [0.2, 0.25) is 0 Å². The molecular formula is C24H20ClN3O3S.